The van der Waals surface area contributed by atoms with Gasteiger partial charge in [0.15, 0.2) is 0 Å². The number of likely N-dealkylation sites (tertiary alicyclic amines) is 1. The average molecular weight is 353 g/mol. The number of carbonyl (C=O) groups is 3. The molecule has 128 valence electrons. The number of nitrogens with one attached hydrogen (secondary N) is 1. The summed E-state index contributed by atoms with van der Waals surface area (Å²) in [5.41, 5.74) is -0.0137. The summed E-state index contributed by atoms with van der Waals surface area (Å²) < 4.78 is 13.6. The van der Waals surface area contributed by atoms with Gasteiger partial charge in [-0.25, -0.2) is 4.39 Å². The van der Waals surface area contributed by atoms with Crippen LogP contribution in [0.25, 0.3) is 0 Å². The summed E-state index contributed by atoms with van der Waals surface area (Å²) in [7, 11) is 0. The second-order valence-electron chi connectivity index (χ2n) is 6.25. The van der Waals surface area contributed by atoms with E-state index in [1.54, 1.807) is 0 Å². The zero-order chi connectivity index (χ0) is 17.3. The lowest BCUT2D eigenvalue weighted by Gasteiger charge is -2.19. The van der Waals surface area contributed by atoms with Crippen LogP contribution in [0.4, 0.5) is 10.1 Å². The first-order valence-corrected chi connectivity index (χ1v) is 8.45. The molecule has 7 heteroatoms. The number of amides is 3. The molecule has 0 radical (unpaired) electrons. The van der Waals surface area contributed by atoms with E-state index in [0.717, 1.165) is 31.7 Å². The number of nitrogens with zero attached hydrogens (tertiary/aromatic N) is 1. The van der Waals surface area contributed by atoms with Crippen molar-refractivity contribution in [3.63, 3.8) is 0 Å². The number of anilines is 1. The van der Waals surface area contributed by atoms with Crippen LogP contribution in [0.5, 0.6) is 0 Å². The Morgan fingerprint density at radius 1 is 1.21 bits per heavy atom. The van der Waals surface area contributed by atoms with Gasteiger partial charge in [-0.05, 0) is 31.0 Å². The van der Waals surface area contributed by atoms with Gasteiger partial charge in [0.05, 0.1) is 17.5 Å². The van der Waals surface area contributed by atoms with Gasteiger partial charge in [-0.2, -0.15) is 0 Å². The molecule has 1 saturated heterocycles. The van der Waals surface area contributed by atoms with E-state index in [1.807, 2.05) is 0 Å². The highest BCUT2D eigenvalue weighted by Gasteiger charge is 2.47. The molecule has 0 bridgehead atoms. The normalized spacial score (nSPS) is 23.3. The quantitative estimate of drug-likeness (QED) is 0.847. The number of hydrogen-bond donors (Lipinski definition) is 1. The Morgan fingerprint density at radius 3 is 2.46 bits per heavy atom. The minimum absolute atomic E-state index is 0.0137. The summed E-state index contributed by atoms with van der Waals surface area (Å²) in [5.74, 6) is -1.85. The molecule has 2 atom stereocenters. The molecule has 3 amide bonds. The summed E-state index contributed by atoms with van der Waals surface area (Å²) >= 11 is 5.77. The molecular formula is C17H18ClFN2O3. The molecule has 2 fully saturated rings. The van der Waals surface area contributed by atoms with Crippen LogP contribution in [0.3, 0.4) is 0 Å². The molecule has 1 aliphatic carbocycles. The molecule has 1 aliphatic heterocycles. The molecule has 0 spiro atoms. The van der Waals surface area contributed by atoms with E-state index in [9.17, 15) is 18.8 Å². The zero-order valence-electron chi connectivity index (χ0n) is 13.1. The van der Waals surface area contributed by atoms with E-state index < -0.39 is 11.7 Å². The number of carbonyl (C=O) groups excluding carboxylic acids is 3. The summed E-state index contributed by atoms with van der Waals surface area (Å²) in [4.78, 5) is 37.8. The van der Waals surface area contributed by atoms with E-state index in [2.05, 4.69) is 5.32 Å². The van der Waals surface area contributed by atoms with Crippen molar-refractivity contribution in [2.45, 2.75) is 32.1 Å². The number of fused-ring (bicyclic) bond motifs is 1. The van der Waals surface area contributed by atoms with Crippen LogP contribution in [-0.4, -0.2) is 29.2 Å². The van der Waals surface area contributed by atoms with Gasteiger partial charge < -0.3 is 5.32 Å². The third kappa shape index (κ3) is 3.29. The Hall–Kier alpha value is -1.95. The maximum atomic E-state index is 13.6. The fourth-order valence-electron chi connectivity index (χ4n) is 3.47. The fraction of sp³-hybridized carbons (Fsp3) is 0.471. The molecule has 2 aliphatic rings. The predicted octanol–water partition coefficient (Wildman–Crippen LogP) is 2.98. The molecule has 0 unspecified atom stereocenters. The van der Waals surface area contributed by atoms with Crippen LogP contribution >= 0.6 is 11.6 Å². The van der Waals surface area contributed by atoms with Gasteiger partial charge in [0.2, 0.25) is 17.7 Å². The molecule has 24 heavy (non-hydrogen) atoms. The lowest BCUT2D eigenvalue weighted by atomic mass is 9.81. The maximum Gasteiger partial charge on any atom is 0.233 e. The monoisotopic (exact) mass is 352 g/mol. The molecule has 1 saturated carbocycles. The van der Waals surface area contributed by atoms with Crippen LogP contribution < -0.4 is 5.32 Å². The highest BCUT2D eigenvalue weighted by molar-refractivity contribution is 6.30. The summed E-state index contributed by atoms with van der Waals surface area (Å²) in [6.07, 6.45) is 3.34. The van der Waals surface area contributed by atoms with Crippen LogP contribution in [0.15, 0.2) is 18.2 Å². The van der Waals surface area contributed by atoms with Crippen LogP contribution in [0, 0.1) is 17.7 Å². The van der Waals surface area contributed by atoms with Crippen molar-refractivity contribution in [3.05, 3.63) is 29.0 Å². The van der Waals surface area contributed by atoms with E-state index in [1.165, 1.54) is 17.0 Å². The Morgan fingerprint density at radius 2 is 1.83 bits per heavy atom. The second-order valence-corrected chi connectivity index (χ2v) is 6.68. The van der Waals surface area contributed by atoms with E-state index in [4.69, 9.17) is 11.6 Å². The summed E-state index contributed by atoms with van der Waals surface area (Å²) in [5, 5.41) is 2.73. The van der Waals surface area contributed by atoms with Crippen molar-refractivity contribution in [1.29, 1.82) is 0 Å². The first-order valence-electron chi connectivity index (χ1n) is 8.07. The molecule has 1 aromatic rings. The number of imide groups is 1. The van der Waals surface area contributed by atoms with Gasteiger partial charge in [0.1, 0.15) is 5.82 Å². The number of rotatable bonds is 4. The average Bonchev–Trinajstić information content (AvgIpc) is 2.81. The third-order valence-corrected chi connectivity index (χ3v) is 4.93. The van der Waals surface area contributed by atoms with Gasteiger partial charge in [-0.3, -0.25) is 19.3 Å². The fourth-order valence-corrected chi connectivity index (χ4v) is 3.64. The van der Waals surface area contributed by atoms with E-state index in [-0.39, 0.29) is 42.3 Å². The van der Waals surface area contributed by atoms with Gasteiger partial charge in [0, 0.05) is 18.0 Å². The van der Waals surface area contributed by atoms with Gasteiger partial charge >= 0.3 is 0 Å². The van der Waals surface area contributed by atoms with Crippen LogP contribution in [0.2, 0.25) is 5.02 Å². The van der Waals surface area contributed by atoms with Crippen LogP contribution in [-0.2, 0) is 14.4 Å². The predicted molar refractivity (Wildman–Crippen MR) is 86.8 cm³/mol. The Balaban J connectivity index is 1.59. The van der Waals surface area contributed by atoms with Crippen molar-refractivity contribution in [1.82, 2.24) is 4.90 Å². The van der Waals surface area contributed by atoms with Crippen LogP contribution in [0.1, 0.15) is 32.1 Å². The van der Waals surface area contributed by atoms with Crippen molar-refractivity contribution in [2.24, 2.45) is 11.8 Å². The lowest BCUT2D eigenvalue weighted by molar-refractivity contribution is -0.140. The van der Waals surface area contributed by atoms with E-state index in [0.29, 0.717) is 5.02 Å². The lowest BCUT2D eigenvalue weighted by Crippen LogP contribution is -2.34. The largest absolute Gasteiger partial charge is 0.323 e. The zero-order valence-corrected chi connectivity index (χ0v) is 13.8. The van der Waals surface area contributed by atoms with E-state index >= 15 is 0 Å². The first kappa shape index (κ1) is 16.9. The van der Waals surface area contributed by atoms with Crippen molar-refractivity contribution in [2.75, 3.05) is 11.9 Å². The molecule has 5 nitrogen and oxygen atoms in total. The third-order valence-electron chi connectivity index (χ3n) is 4.70. The Kier molecular flexibility index (Phi) is 4.85. The minimum Gasteiger partial charge on any atom is -0.323 e. The Labute approximate surface area is 144 Å². The highest BCUT2D eigenvalue weighted by Crippen LogP contribution is 2.38. The molecule has 1 aromatic carbocycles. The molecule has 3 rings (SSSR count). The SMILES string of the molecule is O=C(CCN1C(=O)[C@@H]2CCCC[C@H]2C1=O)Nc1cc(Cl)ccc1F. The molecule has 1 heterocycles. The van der Waals surface area contributed by atoms with Gasteiger partial charge in [-0.1, -0.05) is 24.4 Å². The number of hydrogen-bond acceptors (Lipinski definition) is 3. The summed E-state index contributed by atoms with van der Waals surface area (Å²) in [6, 6.07) is 3.86. The molecule has 1 N–H and O–H groups in total. The summed E-state index contributed by atoms with van der Waals surface area (Å²) in [6.45, 7) is 0.0265. The van der Waals surface area contributed by atoms with Crippen molar-refractivity contribution >= 4 is 35.0 Å². The maximum absolute atomic E-state index is 13.6. The standard InChI is InChI=1S/C17H18ClFN2O3/c18-10-5-6-13(19)14(9-10)20-15(22)7-8-21-16(23)11-3-1-2-4-12(11)17(21)24/h5-6,9,11-12H,1-4,7-8H2,(H,20,22)/t11-,12-/m1/s1. The minimum atomic E-state index is -0.591. The highest BCUT2D eigenvalue weighted by atomic mass is 35.5. The first-order chi connectivity index (χ1) is 11.5. The molecular weight excluding hydrogens is 335 g/mol. The van der Waals surface area contributed by atoms with Gasteiger partial charge in [-0.15, -0.1) is 0 Å². The molecule has 0 aromatic heterocycles. The topological polar surface area (TPSA) is 66.5 Å². The smallest absolute Gasteiger partial charge is 0.233 e. The number of benzene rings is 1. The van der Waals surface area contributed by atoms with Crippen molar-refractivity contribution in [3.8, 4) is 0 Å². The van der Waals surface area contributed by atoms with Crippen molar-refractivity contribution < 1.29 is 18.8 Å². The number of halogens is 2. The Bertz CT molecular complexity index is 670. The van der Waals surface area contributed by atoms with Gasteiger partial charge in [0.25, 0.3) is 0 Å². The second kappa shape index (κ2) is 6.89.